The van der Waals surface area contributed by atoms with Gasteiger partial charge in [0.25, 0.3) is 0 Å². The van der Waals surface area contributed by atoms with E-state index in [-0.39, 0.29) is 41.7 Å². The number of amides is 2. The Kier molecular flexibility index (Phi) is 15.5. The maximum Gasteiger partial charge on any atom is 0.472 e. The number of hydrogen-bond donors (Lipinski definition) is 9. The normalized spacial score (nSPS) is 23.8. The van der Waals surface area contributed by atoms with Crippen LogP contribution in [0.1, 0.15) is 30.5 Å². The number of rotatable bonds is 18. The molecule has 0 radical (unpaired) electrons. The summed E-state index contributed by atoms with van der Waals surface area (Å²) in [6, 6.07) is 11.4. The number of esters is 1. The van der Waals surface area contributed by atoms with Gasteiger partial charge in [-0.2, -0.15) is 4.98 Å². The highest BCUT2D eigenvalue weighted by molar-refractivity contribution is 7.47. The standard InChI is InChI=1S/C38H43FN10O18P2/c1-18(45-38(55)61-13-20-4-8-22(9-5-20)46-26(50)12-19-2-6-21(39)7-3-19)36(53)66-30-23(64-35(28(30)51)49-17-44-27-32(41)42-16-43-33(27)49)15-63-69(59,60)67-31-24(14-62-68(56,57)58)65-34(29(31)52)48-11-10-25(40)47-37(48)54/h2-11,16-18,23-24,28-31,34-35,51-52H,12-15H2,1H3,(H,45,55)(H,46,50)(H,59,60)(H2,40,47,54)(H2,41,42,43)(H2,56,57,58)/t18-,23?,24-,28-,29-,30-,31-,34-,35-/m1/s1. The van der Waals surface area contributed by atoms with Crippen molar-refractivity contribution in [3.63, 3.8) is 0 Å². The predicted octanol–water partition coefficient (Wildman–Crippen LogP) is -0.0773. The molecule has 2 fully saturated rings. The number of ether oxygens (including phenoxy) is 4. The molecule has 2 aromatic carbocycles. The van der Waals surface area contributed by atoms with E-state index in [2.05, 4.69) is 35.1 Å². The van der Waals surface area contributed by atoms with Gasteiger partial charge < -0.3 is 65.9 Å². The van der Waals surface area contributed by atoms with E-state index < -0.39 is 108 Å². The van der Waals surface area contributed by atoms with Crippen molar-refractivity contribution in [3.8, 4) is 0 Å². The molecule has 10 atom stereocenters. The van der Waals surface area contributed by atoms with Gasteiger partial charge >= 0.3 is 33.4 Å². The smallest absolute Gasteiger partial charge is 0.455 e. The SMILES string of the molecule is C[C@@H](NC(=O)OCc1ccc(NC(=O)Cc2ccc(F)cc2)cc1)C(=O)O[C@@H]1C(COP(=O)(O)O[C@H]2[C@@H](O)[C@H](n3ccc(N)nc3=O)O[C@@H]2COP(=O)(O)O)O[C@@H](n2cnc3c(N)ncnc32)[C@@H]1O. The van der Waals surface area contributed by atoms with E-state index in [1.165, 1.54) is 42.1 Å². The van der Waals surface area contributed by atoms with Crippen molar-refractivity contribution in [2.24, 2.45) is 0 Å². The van der Waals surface area contributed by atoms with E-state index in [1.54, 1.807) is 24.3 Å². The Morgan fingerprint density at radius 3 is 2.19 bits per heavy atom. The highest BCUT2D eigenvalue weighted by Crippen LogP contribution is 2.50. The Labute approximate surface area is 387 Å². The summed E-state index contributed by atoms with van der Waals surface area (Å²) in [5.74, 6) is -2.18. The van der Waals surface area contributed by atoms with Gasteiger partial charge in [-0.05, 0) is 48.4 Å². The Bertz CT molecular complexity index is 2820. The lowest BCUT2D eigenvalue weighted by molar-refractivity contribution is -0.158. The molecule has 5 aromatic rings. The molecule has 0 bridgehead atoms. The summed E-state index contributed by atoms with van der Waals surface area (Å²) in [4.78, 5) is 96.3. The second-order valence-corrected chi connectivity index (χ2v) is 17.9. The Morgan fingerprint density at radius 2 is 1.51 bits per heavy atom. The van der Waals surface area contributed by atoms with Gasteiger partial charge in [-0.25, -0.2) is 42.9 Å². The molecule has 2 unspecified atom stereocenters. The molecule has 2 aliphatic rings. The van der Waals surface area contributed by atoms with Crippen LogP contribution in [0.25, 0.3) is 11.2 Å². The maximum atomic E-state index is 13.5. The van der Waals surface area contributed by atoms with Crippen LogP contribution in [0.2, 0.25) is 0 Å². The Morgan fingerprint density at radius 1 is 0.870 bits per heavy atom. The van der Waals surface area contributed by atoms with Crippen LogP contribution in [0.15, 0.2) is 78.2 Å². The number of aliphatic hydroxyl groups excluding tert-OH is 2. The molecule has 11 N–H and O–H groups in total. The predicted molar refractivity (Wildman–Crippen MR) is 229 cm³/mol. The first-order chi connectivity index (χ1) is 32.6. The number of nitrogens with zero attached hydrogens (tertiary/aromatic N) is 6. The molecule has 2 amide bonds. The van der Waals surface area contributed by atoms with Gasteiger partial charge in [0.05, 0.1) is 26.0 Å². The van der Waals surface area contributed by atoms with Crippen molar-refractivity contribution >= 4 is 62.1 Å². The number of phosphoric acid groups is 2. The molecule has 5 heterocycles. The summed E-state index contributed by atoms with van der Waals surface area (Å²) < 4.78 is 77.4. The molecule has 3 aromatic heterocycles. The maximum absolute atomic E-state index is 13.5. The van der Waals surface area contributed by atoms with Crippen LogP contribution in [0, 0.1) is 5.82 Å². The van der Waals surface area contributed by atoms with Crippen LogP contribution < -0.4 is 27.8 Å². The second-order valence-electron chi connectivity index (χ2n) is 15.2. The van der Waals surface area contributed by atoms with E-state index in [0.717, 1.165) is 23.2 Å². The highest BCUT2D eigenvalue weighted by atomic mass is 31.2. The summed E-state index contributed by atoms with van der Waals surface area (Å²) in [6.45, 7) is -1.11. The molecule has 7 rings (SSSR count). The molecule has 2 aliphatic heterocycles. The van der Waals surface area contributed by atoms with E-state index >= 15 is 0 Å². The number of anilines is 3. The molecule has 0 saturated carbocycles. The fraction of sp³-hybridized carbons (Fsp3) is 0.368. The number of hydrogen-bond acceptors (Lipinski definition) is 21. The number of phosphoric ester groups is 2. The van der Waals surface area contributed by atoms with Gasteiger partial charge in [0.2, 0.25) is 5.91 Å². The topological polar surface area (TPSA) is 406 Å². The third-order valence-electron chi connectivity index (χ3n) is 10.3. The molecule has 0 aliphatic carbocycles. The minimum absolute atomic E-state index is 0.00452. The van der Waals surface area contributed by atoms with Crippen molar-refractivity contribution in [2.45, 2.75) is 75.1 Å². The van der Waals surface area contributed by atoms with Crippen LogP contribution in [0.5, 0.6) is 0 Å². The number of carbonyl (C=O) groups is 3. The highest BCUT2D eigenvalue weighted by Gasteiger charge is 2.52. The molecular weight excluding hydrogens is 965 g/mol. The lowest BCUT2D eigenvalue weighted by Gasteiger charge is -2.25. The third kappa shape index (κ3) is 12.7. The second kappa shape index (κ2) is 21.1. The van der Waals surface area contributed by atoms with Crippen molar-refractivity contribution < 1.29 is 85.3 Å². The zero-order valence-electron chi connectivity index (χ0n) is 35.6. The van der Waals surface area contributed by atoms with Gasteiger partial charge in [0, 0.05) is 11.9 Å². The van der Waals surface area contributed by atoms with Gasteiger partial charge in [-0.3, -0.25) is 27.5 Å². The number of aliphatic hydroxyl groups is 2. The van der Waals surface area contributed by atoms with Crippen molar-refractivity contribution in [3.05, 3.63) is 101 Å². The van der Waals surface area contributed by atoms with Crippen LogP contribution in [0.4, 0.5) is 26.5 Å². The Hall–Kier alpha value is -6.33. The summed E-state index contributed by atoms with van der Waals surface area (Å²) in [7, 11) is -10.6. The van der Waals surface area contributed by atoms with Crippen LogP contribution in [0.3, 0.4) is 0 Å². The average molecular weight is 1010 g/mol. The van der Waals surface area contributed by atoms with Gasteiger partial charge in [0.15, 0.2) is 30.0 Å². The van der Waals surface area contributed by atoms with Gasteiger partial charge in [0.1, 0.15) is 66.6 Å². The average Bonchev–Trinajstić information content (AvgIpc) is 3.95. The fourth-order valence-electron chi connectivity index (χ4n) is 6.98. The third-order valence-corrected chi connectivity index (χ3v) is 11.8. The van der Waals surface area contributed by atoms with Gasteiger partial charge in [-0.1, -0.05) is 24.3 Å². The lowest BCUT2D eigenvalue weighted by atomic mass is 10.1. The lowest BCUT2D eigenvalue weighted by Crippen LogP contribution is -2.45. The van der Waals surface area contributed by atoms with E-state index in [0.29, 0.717) is 16.8 Å². The van der Waals surface area contributed by atoms with Crippen molar-refractivity contribution in [2.75, 3.05) is 30.0 Å². The van der Waals surface area contributed by atoms with E-state index in [9.17, 15) is 57.6 Å². The number of nitrogens with two attached hydrogens (primary N) is 2. The van der Waals surface area contributed by atoms with E-state index in [4.69, 9.17) is 39.5 Å². The molecule has 28 nitrogen and oxygen atoms in total. The number of fused-ring (bicyclic) bond motifs is 1. The molecule has 69 heavy (non-hydrogen) atoms. The number of carbonyl (C=O) groups excluding carboxylic acids is 3. The van der Waals surface area contributed by atoms with Crippen molar-refractivity contribution in [1.82, 2.24) is 34.4 Å². The quantitative estimate of drug-likeness (QED) is 0.0409. The molecule has 31 heteroatoms. The van der Waals surface area contributed by atoms with Gasteiger partial charge in [-0.15, -0.1) is 0 Å². The number of nitrogens with one attached hydrogen (secondary N) is 2. The number of benzene rings is 2. The number of imidazole rings is 1. The number of halogens is 1. The number of alkyl carbamates (subject to hydrolysis) is 1. The first-order valence-corrected chi connectivity index (χ1v) is 23.2. The Balaban J connectivity index is 0.997. The first-order valence-electron chi connectivity index (χ1n) is 20.2. The van der Waals surface area contributed by atoms with Crippen molar-refractivity contribution in [1.29, 1.82) is 0 Å². The van der Waals surface area contributed by atoms with Crippen LogP contribution in [-0.4, -0.2) is 128 Å². The zero-order chi connectivity index (χ0) is 49.8. The monoisotopic (exact) mass is 1010 g/mol. The number of nitrogen functional groups attached to an aromatic ring is 2. The largest absolute Gasteiger partial charge is 0.472 e. The fourth-order valence-corrected chi connectivity index (χ4v) is 8.29. The molecule has 370 valence electrons. The van der Waals surface area contributed by atoms with E-state index in [1.807, 2.05) is 0 Å². The summed E-state index contributed by atoms with van der Waals surface area (Å²) in [5, 5.41) is 27.7. The zero-order valence-corrected chi connectivity index (χ0v) is 37.4. The minimum Gasteiger partial charge on any atom is -0.455 e. The minimum atomic E-state index is -5.45. The molecule has 2 saturated heterocycles. The van der Waals surface area contributed by atoms with Crippen LogP contribution >= 0.6 is 15.6 Å². The summed E-state index contributed by atoms with van der Waals surface area (Å²) in [5.41, 5.74) is 12.1. The first kappa shape index (κ1) is 50.5. The summed E-state index contributed by atoms with van der Waals surface area (Å²) in [6.07, 6.45) is -11.9. The van der Waals surface area contributed by atoms with Crippen LogP contribution in [-0.2, 0) is 64.3 Å². The molecule has 0 spiro atoms. The summed E-state index contributed by atoms with van der Waals surface area (Å²) >= 11 is 0. The molecular formula is C38H43FN10O18P2. The number of aromatic nitrogens is 6.